The smallest absolute Gasteiger partial charge is 0.244 e. The van der Waals surface area contributed by atoms with Crippen LogP contribution in [0.4, 0.5) is 10.1 Å². The van der Waals surface area contributed by atoms with E-state index in [2.05, 4.69) is 5.32 Å². The van der Waals surface area contributed by atoms with Gasteiger partial charge in [-0.15, -0.1) is 0 Å². The molecule has 106 valence electrons. The van der Waals surface area contributed by atoms with E-state index < -0.39 is 0 Å². The molecule has 21 heavy (non-hydrogen) atoms. The van der Waals surface area contributed by atoms with Crippen molar-refractivity contribution in [2.45, 2.75) is 13.5 Å². The number of amides is 1. The van der Waals surface area contributed by atoms with Gasteiger partial charge in [-0.2, -0.15) is 0 Å². The van der Waals surface area contributed by atoms with Crippen molar-refractivity contribution >= 4 is 22.5 Å². The number of carbonyl (C=O) groups excluding carboxylic acids is 1. The lowest BCUT2D eigenvalue weighted by molar-refractivity contribution is -0.116. The molecule has 1 amide bonds. The summed E-state index contributed by atoms with van der Waals surface area (Å²) in [5.74, 6) is -0.458. The number of anilines is 1. The number of nitrogens with zero attached hydrogens (tertiary/aromatic N) is 1. The molecule has 0 bridgehead atoms. The summed E-state index contributed by atoms with van der Waals surface area (Å²) >= 11 is 0. The minimum absolute atomic E-state index is 0.138. The second-order valence-electron chi connectivity index (χ2n) is 5.01. The Hall–Kier alpha value is -2.62. The van der Waals surface area contributed by atoms with Crippen molar-refractivity contribution < 1.29 is 9.18 Å². The number of rotatable bonds is 3. The molecule has 4 heteroatoms. The average Bonchev–Trinajstić information content (AvgIpc) is 2.86. The van der Waals surface area contributed by atoms with Gasteiger partial charge >= 0.3 is 0 Å². The third-order valence-corrected chi connectivity index (χ3v) is 3.47. The zero-order valence-corrected chi connectivity index (χ0v) is 11.6. The topological polar surface area (TPSA) is 34.0 Å². The molecule has 1 N–H and O–H groups in total. The highest BCUT2D eigenvalue weighted by molar-refractivity contribution is 5.92. The van der Waals surface area contributed by atoms with Gasteiger partial charge in [0.15, 0.2) is 0 Å². The minimum Gasteiger partial charge on any atom is -0.338 e. The van der Waals surface area contributed by atoms with Gasteiger partial charge in [0.25, 0.3) is 0 Å². The molecule has 1 heterocycles. The van der Waals surface area contributed by atoms with Gasteiger partial charge in [-0.05, 0) is 48.9 Å². The van der Waals surface area contributed by atoms with Crippen LogP contribution in [-0.2, 0) is 11.3 Å². The van der Waals surface area contributed by atoms with Gasteiger partial charge in [0, 0.05) is 22.8 Å². The molecule has 0 saturated carbocycles. The van der Waals surface area contributed by atoms with E-state index in [1.807, 2.05) is 42.0 Å². The van der Waals surface area contributed by atoms with Crippen molar-refractivity contribution in [2.75, 3.05) is 5.32 Å². The van der Waals surface area contributed by atoms with Gasteiger partial charge in [0.05, 0.1) is 0 Å². The Balaban J connectivity index is 1.77. The van der Waals surface area contributed by atoms with E-state index in [-0.39, 0.29) is 18.3 Å². The zero-order chi connectivity index (χ0) is 14.8. The second kappa shape index (κ2) is 5.40. The van der Waals surface area contributed by atoms with Crippen molar-refractivity contribution in [1.82, 2.24) is 4.57 Å². The van der Waals surface area contributed by atoms with Crippen LogP contribution >= 0.6 is 0 Å². The van der Waals surface area contributed by atoms with Crippen LogP contribution in [0.5, 0.6) is 0 Å². The Morgan fingerprint density at radius 2 is 1.90 bits per heavy atom. The van der Waals surface area contributed by atoms with Crippen LogP contribution in [-0.4, -0.2) is 10.5 Å². The van der Waals surface area contributed by atoms with E-state index in [1.165, 1.54) is 17.7 Å². The number of hydrogen-bond donors (Lipinski definition) is 1. The summed E-state index contributed by atoms with van der Waals surface area (Å²) in [7, 11) is 0. The predicted molar refractivity (Wildman–Crippen MR) is 81.7 cm³/mol. The van der Waals surface area contributed by atoms with Gasteiger partial charge in [-0.3, -0.25) is 4.79 Å². The highest BCUT2D eigenvalue weighted by Gasteiger charge is 2.07. The quantitative estimate of drug-likeness (QED) is 0.780. The number of aryl methyl sites for hydroxylation is 1. The molecule has 3 rings (SSSR count). The third kappa shape index (κ3) is 2.79. The molecule has 0 aliphatic rings. The summed E-state index contributed by atoms with van der Waals surface area (Å²) in [6.07, 6.45) is 1.90. The van der Waals surface area contributed by atoms with Crippen LogP contribution in [0.15, 0.2) is 54.7 Å². The summed E-state index contributed by atoms with van der Waals surface area (Å²) in [5, 5.41) is 3.91. The molecular weight excluding hydrogens is 267 g/mol. The fourth-order valence-electron chi connectivity index (χ4n) is 2.40. The van der Waals surface area contributed by atoms with E-state index in [0.29, 0.717) is 5.69 Å². The van der Waals surface area contributed by atoms with Crippen molar-refractivity contribution in [2.24, 2.45) is 0 Å². The Labute approximate surface area is 122 Å². The number of nitrogens with one attached hydrogen (secondary N) is 1. The van der Waals surface area contributed by atoms with E-state index in [1.54, 1.807) is 12.1 Å². The number of aromatic nitrogens is 1. The van der Waals surface area contributed by atoms with E-state index >= 15 is 0 Å². The molecule has 0 spiro atoms. The van der Waals surface area contributed by atoms with Crippen molar-refractivity contribution in [3.63, 3.8) is 0 Å². The summed E-state index contributed by atoms with van der Waals surface area (Å²) in [5.41, 5.74) is 2.81. The highest BCUT2D eigenvalue weighted by atomic mass is 19.1. The molecule has 3 nitrogen and oxygen atoms in total. The lowest BCUT2D eigenvalue weighted by atomic mass is 10.1. The maximum Gasteiger partial charge on any atom is 0.244 e. The summed E-state index contributed by atoms with van der Waals surface area (Å²) < 4.78 is 14.7. The third-order valence-electron chi connectivity index (χ3n) is 3.47. The number of hydrogen-bond acceptors (Lipinski definition) is 1. The molecule has 0 aliphatic heterocycles. The number of halogens is 1. The minimum atomic E-state index is -0.320. The Bertz CT molecular complexity index is 790. The fourth-order valence-corrected chi connectivity index (χ4v) is 2.40. The molecule has 0 radical (unpaired) electrons. The summed E-state index contributed by atoms with van der Waals surface area (Å²) in [4.78, 5) is 12.1. The SMILES string of the molecule is Cc1cccc2c1ccn2CC(=O)Nc1ccc(F)cc1. The zero-order valence-electron chi connectivity index (χ0n) is 11.6. The molecule has 0 unspecified atom stereocenters. The second-order valence-corrected chi connectivity index (χ2v) is 5.01. The average molecular weight is 282 g/mol. The van der Waals surface area contributed by atoms with Gasteiger partial charge in [-0.25, -0.2) is 4.39 Å². The lowest BCUT2D eigenvalue weighted by Gasteiger charge is -2.08. The summed E-state index contributed by atoms with van der Waals surface area (Å²) in [6.45, 7) is 2.27. The molecule has 2 aromatic carbocycles. The van der Waals surface area contributed by atoms with Crippen LogP contribution in [0.1, 0.15) is 5.56 Å². The Morgan fingerprint density at radius 3 is 2.67 bits per heavy atom. The highest BCUT2D eigenvalue weighted by Crippen LogP contribution is 2.19. The van der Waals surface area contributed by atoms with Gasteiger partial charge in [0.1, 0.15) is 12.4 Å². The first-order chi connectivity index (χ1) is 10.1. The lowest BCUT2D eigenvalue weighted by Crippen LogP contribution is -2.18. The first kappa shape index (κ1) is 13.4. The Morgan fingerprint density at radius 1 is 1.14 bits per heavy atom. The van der Waals surface area contributed by atoms with E-state index in [4.69, 9.17) is 0 Å². The van der Waals surface area contributed by atoms with Crippen molar-refractivity contribution in [3.8, 4) is 0 Å². The van der Waals surface area contributed by atoms with E-state index in [0.717, 1.165) is 10.9 Å². The molecule has 1 aromatic heterocycles. The molecule has 0 aliphatic carbocycles. The maximum atomic E-state index is 12.8. The normalized spacial score (nSPS) is 10.8. The van der Waals surface area contributed by atoms with Crippen molar-refractivity contribution in [3.05, 3.63) is 66.1 Å². The van der Waals surface area contributed by atoms with Crippen LogP contribution in [0, 0.1) is 12.7 Å². The summed E-state index contributed by atoms with van der Waals surface area (Å²) in [6, 6.07) is 13.8. The van der Waals surface area contributed by atoms with Gasteiger partial charge < -0.3 is 9.88 Å². The first-order valence-electron chi connectivity index (χ1n) is 6.73. The van der Waals surface area contributed by atoms with Gasteiger partial charge in [0.2, 0.25) is 5.91 Å². The van der Waals surface area contributed by atoms with E-state index in [9.17, 15) is 9.18 Å². The first-order valence-corrected chi connectivity index (χ1v) is 6.73. The molecule has 0 saturated heterocycles. The standard InChI is InChI=1S/C17H15FN2O/c1-12-3-2-4-16-15(12)9-10-20(16)11-17(21)19-14-7-5-13(18)6-8-14/h2-10H,11H2,1H3,(H,19,21). The fraction of sp³-hybridized carbons (Fsp3) is 0.118. The monoisotopic (exact) mass is 282 g/mol. The Kier molecular flexibility index (Phi) is 3.44. The number of carbonyl (C=O) groups is 1. The molecule has 0 atom stereocenters. The van der Waals surface area contributed by atoms with Gasteiger partial charge in [-0.1, -0.05) is 12.1 Å². The molecular formula is C17H15FN2O. The molecule has 3 aromatic rings. The molecule has 0 fully saturated rings. The largest absolute Gasteiger partial charge is 0.338 e. The van der Waals surface area contributed by atoms with Crippen molar-refractivity contribution in [1.29, 1.82) is 0 Å². The predicted octanol–water partition coefficient (Wildman–Crippen LogP) is 3.73. The van der Waals surface area contributed by atoms with Crippen LogP contribution in [0.3, 0.4) is 0 Å². The van der Waals surface area contributed by atoms with Crippen LogP contribution in [0.25, 0.3) is 10.9 Å². The number of benzene rings is 2. The van der Waals surface area contributed by atoms with Crippen LogP contribution in [0.2, 0.25) is 0 Å². The van der Waals surface area contributed by atoms with Crippen LogP contribution < -0.4 is 5.32 Å². The number of fused-ring (bicyclic) bond motifs is 1. The maximum absolute atomic E-state index is 12.8.